The quantitative estimate of drug-likeness (QED) is 0.732. The minimum atomic E-state index is 0.472. The molecule has 0 saturated heterocycles. The predicted molar refractivity (Wildman–Crippen MR) is 59.5 cm³/mol. The van der Waals surface area contributed by atoms with Gasteiger partial charge in [0.25, 0.3) is 0 Å². The molecule has 0 aliphatic carbocycles. The molecule has 0 spiro atoms. The van der Waals surface area contributed by atoms with E-state index >= 15 is 0 Å². The molecule has 2 heteroatoms. The van der Waals surface area contributed by atoms with Gasteiger partial charge in [-0.1, -0.05) is 37.9 Å². The Labute approximate surface area is 90.3 Å². The molecule has 1 atom stereocenters. The zero-order valence-corrected chi connectivity index (χ0v) is 9.30. The number of rotatable bonds is 3. The van der Waals surface area contributed by atoms with Crippen molar-refractivity contribution < 1.29 is 0 Å². The van der Waals surface area contributed by atoms with E-state index < -0.39 is 0 Å². The number of hydrogen-bond acceptors (Lipinski definition) is 1. The Morgan fingerprint density at radius 2 is 2.21 bits per heavy atom. The van der Waals surface area contributed by atoms with Crippen molar-refractivity contribution >= 4 is 11.6 Å². The Morgan fingerprint density at radius 1 is 1.50 bits per heavy atom. The maximum atomic E-state index is 8.69. The van der Waals surface area contributed by atoms with Gasteiger partial charge in [0, 0.05) is 5.02 Å². The lowest BCUT2D eigenvalue weighted by molar-refractivity contribution is 0.665. The summed E-state index contributed by atoms with van der Waals surface area (Å²) in [4.78, 5) is 0. The molecule has 1 rings (SSSR count). The van der Waals surface area contributed by atoms with Gasteiger partial charge in [0.1, 0.15) is 0 Å². The lowest BCUT2D eigenvalue weighted by Gasteiger charge is -2.12. The van der Waals surface area contributed by atoms with Crippen molar-refractivity contribution in [1.29, 1.82) is 5.26 Å². The van der Waals surface area contributed by atoms with Gasteiger partial charge in [0.2, 0.25) is 0 Å². The summed E-state index contributed by atoms with van der Waals surface area (Å²) in [5.74, 6) is 0.472. The molecule has 74 valence electrons. The molecule has 0 N–H and O–H groups in total. The standard InChI is InChI=1S/C12H14ClN/c1-3-4-9(2)11-6-5-10(8-14)7-12(11)13/h5-7,9H,3-4H2,1-2H3. The van der Waals surface area contributed by atoms with E-state index in [9.17, 15) is 0 Å². The number of nitrogens with zero attached hydrogens (tertiary/aromatic N) is 1. The molecular weight excluding hydrogens is 194 g/mol. The fourth-order valence-corrected chi connectivity index (χ4v) is 1.95. The average molecular weight is 208 g/mol. The van der Waals surface area contributed by atoms with Crippen LogP contribution in [0.4, 0.5) is 0 Å². The third-order valence-electron chi connectivity index (χ3n) is 2.38. The van der Waals surface area contributed by atoms with Gasteiger partial charge in [-0.15, -0.1) is 0 Å². The van der Waals surface area contributed by atoms with E-state index in [4.69, 9.17) is 16.9 Å². The molecule has 0 aliphatic rings. The molecule has 1 aromatic rings. The highest BCUT2D eigenvalue weighted by molar-refractivity contribution is 6.31. The summed E-state index contributed by atoms with van der Waals surface area (Å²) < 4.78 is 0. The molecule has 0 saturated carbocycles. The maximum absolute atomic E-state index is 8.69. The molecule has 0 aromatic heterocycles. The Bertz CT molecular complexity index is 352. The Morgan fingerprint density at radius 3 is 2.71 bits per heavy atom. The molecular formula is C12H14ClN. The molecule has 0 radical (unpaired) electrons. The monoisotopic (exact) mass is 207 g/mol. The van der Waals surface area contributed by atoms with Crippen molar-refractivity contribution in [1.82, 2.24) is 0 Å². The van der Waals surface area contributed by atoms with Crippen LogP contribution >= 0.6 is 11.6 Å². The lowest BCUT2D eigenvalue weighted by Crippen LogP contribution is -1.94. The van der Waals surface area contributed by atoms with Crippen molar-refractivity contribution in [2.75, 3.05) is 0 Å². The van der Waals surface area contributed by atoms with Gasteiger partial charge in [-0.2, -0.15) is 5.26 Å². The van der Waals surface area contributed by atoms with Crippen LogP contribution in [0.2, 0.25) is 5.02 Å². The molecule has 0 bridgehead atoms. The third kappa shape index (κ3) is 2.49. The molecule has 0 aliphatic heterocycles. The lowest BCUT2D eigenvalue weighted by atomic mass is 9.96. The molecule has 1 nitrogen and oxygen atoms in total. The van der Waals surface area contributed by atoms with Crippen LogP contribution in [0.15, 0.2) is 18.2 Å². The maximum Gasteiger partial charge on any atom is 0.0992 e. The minimum Gasteiger partial charge on any atom is -0.192 e. The summed E-state index contributed by atoms with van der Waals surface area (Å²) in [6, 6.07) is 7.61. The van der Waals surface area contributed by atoms with Crippen LogP contribution in [0.3, 0.4) is 0 Å². The second kappa shape index (κ2) is 5.02. The third-order valence-corrected chi connectivity index (χ3v) is 2.71. The summed E-state index contributed by atoms with van der Waals surface area (Å²) in [5, 5.41) is 9.40. The Balaban J connectivity index is 2.95. The van der Waals surface area contributed by atoms with Gasteiger partial charge >= 0.3 is 0 Å². The van der Waals surface area contributed by atoms with Gasteiger partial charge in [-0.25, -0.2) is 0 Å². The van der Waals surface area contributed by atoms with Gasteiger partial charge in [0.05, 0.1) is 11.6 Å². The summed E-state index contributed by atoms with van der Waals surface area (Å²) in [7, 11) is 0. The average Bonchev–Trinajstić information content (AvgIpc) is 2.17. The first-order chi connectivity index (χ1) is 6.69. The van der Waals surface area contributed by atoms with Gasteiger partial charge in [0.15, 0.2) is 0 Å². The number of benzene rings is 1. The first-order valence-corrected chi connectivity index (χ1v) is 5.26. The first kappa shape index (κ1) is 11.1. The second-order valence-electron chi connectivity index (χ2n) is 3.54. The Kier molecular flexibility index (Phi) is 3.98. The highest BCUT2D eigenvalue weighted by Gasteiger charge is 2.08. The van der Waals surface area contributed by atoms with Crippen molar-refractivity contribution in [2.45, 2.75) is 32.6 Å². The van der Waals surface area contributed by atoms with Crippen molar-refractivity contribution in [3.8, 4) is 6.07 Å². The summed E-state index contributed by atoms with van der Waals surface area (Å²) in [5.41, 5.74) is 1.77. The van der Waals surface area contributed by atoms with E-state index in [0.29, 0.717) is 16.5 Å². The van der Waals surface area contributed by atoms with E-state index in [2.05, 4.69) is 19.9 Å². The molecule has 14 heavy (non-hydrogen) atoms. The van der Waals surface area contributed by atoms with Gasteiger partial charge in [-0.05, 0) is 30.0 Å². The summed E-state index contributed by atoms with van der Waals surface area (Å²) in [6.07, 6.45) is 2.28. The summed E-state index contributed by atoms with van der Waals surface area (Å²) in [6.45, 7) is 4.32. The molecule has 1 aromatic carbocycles. The van der Waals surface area contributed by atoms with Crippen LogP contribution in [-0.4, -0.2) is 0 Å². The van der Waals surface area contributed by atoms with Gasteiger partial charge < -0.3 is 0 Å². The Hall–Kier alpha value is -1.00. The van der Waals surface area contributed by atoms with Crippen LogP contribution in [0.5, 0.6) is 0 Å². The van der Waals surface area contributed by atoms with Gasteiger partial charge in [-0.3, -0.25) is 0 Å². The number of halogens is 1. The molecule has 0 heterocycles. The molecule has 0 fully saturated rings. The fraction of sp³-hybridized carbons (Fsp3) is 0.417. The van der Waals surface area contributed by atoms with E-state index in [1.54, 1.807) is 6.07 Å². The largest absolute Gasteiger partial charge is 0.192 e. The van der Waals surface area contributed by atoms with E-state index in [1.165, 1.54) is 0 Å². The van der Waals surface area contributed by atoms with E-state index in [1.807, 2.05) is 12.1 Å². The van der Waals surface area contributed by atoms with Crippen LogP contribution < -0.4 is 0 Å². The normalized spacial score (nSPS) is 12.1. The van der Waals surface area contributed by atoms with Crippen LogP contribution in [-0.2, 0) is 0 Å². The predicted octanol–water partition coefficient (Wildman–Crippen LogP) is 4.12. The topological polar surface area (TPSA) is 23.8 Å². The molecule has 0 amide bonds. The van der Waals surface area contributed by atoms with Crippen molar-refractivity contribution in [3.63, 3.8) is 0 Å². The number of nitriles is 1. The first-order valence-electron chi connectivity index (χ1n) is 4.88. The smallest absolute Gasteiger partial charge is 0.0992 e. The van der Waals surface area contributed by atoms with Crippen molar-refractivity contribution in [2.24, 2.45) is 0 Å². The van der Waals surface area contributed by atoms with Crippen LogP contribution in [0, 0.1) is 11.3 Å². The highest BCUT2D eigenvalue weighted by atomic mass is 35.5. The summed E-state index contributed by atoms with van der Waals surface area (Å²) >= 11 is 6.09. The van der Waals surface area contributed by atoms with Crippen LogP contribution in [0.1, 0.15) is 43.7 Å². The van der Waals surface area contributed by atoms with Crippen LogP contribution in [0.25, 0.3) is 0 Å². The zero-order chi connectivity index (χ0) is 10.6. The number of hydrogen-bond donors (Lipinski definition) is 0. The second-order valence-corrected chi connectivity index (χ2v) is 3.95. The van der Waals surface area contributed by atoms with Crippen molar-refractivity contribution in [3.05, 3.63) is 34.3 Å². The SMILES string of the molecule is CCCC(C)c1ccc(C#N)cc1Cl. The fourth-order valence-electron chi connectivity index (χ4n) is 1.58. The van der Waals surface area contributed by atoms with E-state index in [-0.39, 0.29) is 0 Å². The van der Waals surface area contributed by atoms with E-state index in [0.717, 1.165) is 18.4 Å². The molecule has 1 unspecified atom stereocenters. The minimum absolute atomic E-state index is 0.472. The highest BCUT2D eigenvalue weighted by Crippen LogP contribution is 2.28. The zero-order valence-electron chi connectivity index (χ0n) is 8.55.